The van der Waals surface area contributed by atoms with Crippen molar-refractivity contribution >= 4 is 40.5 Å². The normalized spacial score (nSPS) is 23.3. The predicted molar refractivity (Wildman–Crippen MR) is 95.0 cm³/mol. The first-order valence-electron chi connectivity index (χ1n) is 7.39. The summed E-state index contributed by atoms with van der Waals surface area (Å²) < 4.78 is 41.9. The van der Waals surface area contributed by atoms with Crippen molar-refractivity contribution in [2.24, 2.45) is 5.84 Å². The molecule has 1 aliphatic rings. The van der Waals surface area contributed by atoms with E-state index in [0.717, 1.165) is 0 Å². The van der Waals surface area contributed by atoms with Gasteiger partial charge in [0.15, 0.2) is 0 Å². The molecule has 1 fully saturated rings. The lowest BCUT2D eigenvalue weighted by atomic mass is 9.86. The topological polar surface area (TPSA) is 59.3 Å². The highest BCUT2D eigenvalue weighted by Crippen LogP contribution is 2.52. The van der Waals surface area contributed by atoms with E-state index in [1.165, 1.54) is 24.3 Å². The molecular weight excluding hydrogens is 414 g/mol. The number of nitrogens with two attached hydrogens (primary N) is 1. The number of hydroxylamine groups is 1. The maximum Gasteiger partial charge on any atom is 0.423 e. The summed E-state index contributed by atoms with van der Waals surface area (Å²) >= 11 is 17.7. The summed E-state index contributed by atoms with van der Waals surface area (Å²) in [5.41, 5.74) is 3.01. The molecule has 0 amide bonds. The Balaban J connectivity index is 2.02. The van der Waals surface area contributed by atoms with Gasteiger partial charge in [0.2, 0.25) is 5.60 Å². The largest absolute Gasteiger partial charge is 0.423 e. The molecule has 3 rings (SSSR count). The van der Waals surface area contributed by atoms with Gasteiger partial charge in [-0.3, -0.25) is 10.7 Å². The molecule has 4 N–H and O–H groups in total. The second-order valence-corrected chi connectivity index (χ2v) is 7.12. The number of hydrogen-bond donors (Lipinski definition) is 3. The third-order valence-electron chi connectivity index (χ3n) is 4.20. The van der Waals surface area contributed by atoms with Crippen LogP contribution in [0.1, 0.15) is 23.6 Å². The SMILES string of the molecule is NNc1cc(C2CC(c3cc(Cl)cc(Cl)c3)(C(F)(F)F)ON2)ccc1Cl. The molecule has 0 saturated carbocycles. The number of benzene rings is 2. The van der Waals surface area contributed by atoms with Crippen molar-refractivity contribution in [3.63, 3.8) is 0 Å². The zero-order valence-corrected chi connectivity index (χ0v) is 15.3. The average Bonchev–Trinajstić information content (AvgIpc) is 3.01. The second kappa shape index (κ2) is 7.07. The fraction of sp³-hybridized carbons (Fsp3) is 0.250. The number of hydrazine groups is 1. The van der Waals surface area contributed by atoms with Crippen LogP contribution >= 0.6 is 34.8 Å². The van der Waals surface area contributed by atoms with Gasteiger partial charge in [0.05, 0.1) is 16.8 Å². The predicted octanol–water partition coefficient (Wildman–Crippen LogP) is 5.36. The van der Waals surface area contributed by atoms with E-state index in [1.54, 1.807) is 12.1 Å². The van der Waals surface area contributed by atoms with Gasteiger partial charge < -0.3 is 5.43 Å². The van der Waals surface area contributed by atoms with Crippen molar-refractivity contribution in [1.29, 1.82) is 0 Å². The molecule has 2 aromatic rings. The summed E-state index contributed by atoms with van der Waals surface area (Å²) in [5.74, 6) is 5.37. The molecule has 10 heteroatoms. The Bertz CT molecular complexity index is 814. The van der Waals surface area contributed by atoms with Gasteiger partial charge in [-0.1, -0.05) is 40.9 Å². The van der Waals surface area contributed by atoms with Crippen molar-refractivity contribution in [2.45, 2.75) is 24.2 Å². The van der Waals surface area contributed by atoms with Crippen LogP contribution in [0.2, 0.25) is 15.1 Å². The molecule has 1 saturated heterocycles. The Hall–Kier alpha value is -1.22. The Morgan fingerprint density at radius 3 is 2.35 bits per heavy atom. The average molecular weight is 427 g/mol. The van der Waals surface area contributed by atoms with Gasteiger partial charge in [-0.25, -0.2) is 0 Å². The van der Waals surface area contributed by atoms with Crippen LogP contribution < -0.4 is 16.7 Å². The molecule has 0 bridgehead atoms. The number of rotatable bonds is 3. The summed E-state index contributed by atoms with van der Waals surface area (Å²) in [6.07, 6.45) is -5.12. The molecule has 0 aliphatic carbocycles. The summed E-state index contributed by atoms with van der Waals surface area (Å²) in [5, 5.41) is 0.521. The highest BCUT2D eigenvalue weighted by Gasteiger charge is 2.62. The molecule has 2 atom stereocenters. The zero-order chi connectivity index (χ0) is 19.1. The van der Waals surface area contributed by atoms with E-state index in [9.17, 15) is 13.2 Å². The second-order valence-electron chi connectivity index (χ2n) is 5.84. The molecule has 2 aromatic carbocycles. The van der Waals surface area contributed by atoms with Crippen molar-refractivity contribution in [2.75, 3.05) is 5.43 Å². The summed E-state index contributed by atoms with van der Waals surface area (Å²) in [7, 11) is 0. The summed E-state index contributed by atoms with van der Waals surface area (Å²) in [4.78, 5) is 5.09. The molecule has 1 aliphatic heterocycles. The maximum absolute atomic E-state index is 14.0. The van der Waals surface area contributed by atoms with E-state index in [-0.39, 0.29) is 15.6 Å². The minimum Gasteiger partial charge on any atom is -0.323 e. The third kappa shape index (κ3) is 3.47. The first kappa shape index (κ1) is 19.5. The van der Waals surface area contributed by atoms with Gasteiger partial charge in [-0.2, -0.15) is 18.7 Å². The van der Waals surface area contributed by atoms with E-state index >= 15 is 0 Å². The van der Waals surface area contributed by atoms with Crippen LogP contribution in [0.25, 0.3) is 0 Å². The Morgan fingerprint density at radius 1 is 1.12 bits per heavy atom. The quantitative estimate of drug-likeness (QED) is 0.457. The standard InChI is InChI=1S/C16H13Cl3F3N3O/c17-10-4-9(5-11(18)6-10)15(16(20,21)22)7-14(25-26-15)8-1-2-12(19)13(3-8)24-23/h1-6,14,24-25H,7,23H2. The van der Waals surface area contributed by atoms with E-state index in [4.69, 9.17) is 45.5 Å². The van der Waals surface area contributed by atoms with Crippen LogP contribution in [0.3, 0.4) is 0 Å². The minimum absolute atomic E-state index is 0.0873. The third-order valence-corrected chi connectivity index (χ3v) is 4.97. The van der Waals surface area contributed by atoms with Crippen LogP contribution in [0.4, 0.5) is 18.9 Å². The highest BCUT2D eigenvalue weighted by atomic mass is 35.5. The van der Waals surface area contributed by atoms with Crippen molar-refractivity contribution < 1.29 is 18.0 Å². The van der Waals surface area contributed by atoms with Gasteiger partial charge >= 0.3 is 6.18 Å². The smallest absolute Gasteiger partial charge is 0.323 e. The van der Waals surface area contributed by atoms with E-state index in [0.29, 0.717) is 16.3 Å². The number of hydrogen-bond acceptors (Lipinski definition) is 4. The Morgan fingerprint density at radius 2 is 1.77 bits per heavy atom. The maximum atomic E-state index is 14.0. The molecule has 26 heavy (non-hydrogen) atoms. The number of alkyl halides is 3. The zero-order valence-electron chi connectivity index (χ0n) is 13.0. The van der Waals surface area contributed by atoms with Crippen LogP contribution in [0, 0.1) is 0 Å². The fourth-order valence-corrected chi connectivity index (χ4v) is 3.60. The molecule has 4 nitrogen and oxygen atoms in total. The van der Waals surface area contributed by atoms with E-state index in [1.807, 2.05) is 0 Å². The van der Waals surface area contributed by atoms with Gasteiger partial charge in [-0.15, -0.1) is 0 Å². The molecule has 0 spiro atoms. The molecule has 2 unspecified atom stereocenters. The molecule has 0 aromatic heterocycles. The van der Waals surface area contributed by atoms with Gasteiger partial charge in [0.25, 0.3) is 0 Å². The van der Waals surface area contributed by atoms with E-state index in [2.05, 4.69) is 10.9 Å². The molecule has 1 heterocycles. The lowest BCUT2D eigenvalue weighted by molar-refractivity contribution is -0.282. The summed E-state index contributed by atoms with van der Waals surface area (Å²) in [6.45, 7) is 0. The van der Waals surface area contributed by atoms with Crippen LogP contribution in [-0.2, 0) is 10.4 Å². The minimum atomic E-state index is -4.70. The lowest BCUT2D eigenvalue weighted by Gasteiger charge is -2.30. The number of nitrogen functional groups attached to an aromatic ring is 1. The number of nitrogens with one attached hydrogen (secondary N) is 2. The van der Waals surface area contributed by atoms with Crippen molar-refractivity contribution in [1.82, 2.24) is 5.48 Å². The Kier molecular flexibility index (Phi) is 5.31. The molecule has 0 radical (unpaired) electrons. The van der Waals surface area contributed by atoms with Crippen molar-refractivity contribution in [3.8, 4) is 0 Å². The van der Waals surface area contributed by atoms with E-state index < -0.39 is 24.2 Å². The highest BCUT2D eigenvalue weighted by molar-refractivity contribution is 6.34. The van der Waals surface area contributed by atoms with Gasteiger partial charge in [0, 0.05) is 16.5 Å². The first-order valence-corrected chi connectivity index (χ1v) is 8.52. The first-order chi connectivity index (χ1) is 12.2. The Labute approximate surface area is 162 Å². The van der Waals surface area contributed by atoms with Gasteiger partial charge in [-0.05, 0) is 41.5 Å². The summed E-state index contributed by atoms with van der Waals surface area (Å²) in [6, 6.07) is 7.69. The van der Waals surface area contributed by atoms with Crippen LogP contribution in [0.15, 0.2) is 36.4 Å². The molecular formula is C16H13Cl3F3N3O. The number of halogens is 6. The van der Waals surface area contributed by atoms with Crippen molar-refractivity contribution in [3.05, 3.63) is 62.6 Å². The molecule has 140 valence electrons. The monoisotopic (exact) mass is 425 g/mol. The van der Waals surface area contributed by atoms with Crippen LogP contribution in [-0.4, -0.2) is 6.18 Å². The fourth-order valence-electron chi connectivity index (χ4n) is 2.90. The lowest BCUT2D eigenvalue weighted by Crippen LogP contribution is -2.42. The van der Waals surface area contributed by atoms with Gasteiger partial charge in [0.1, 0.15) is 0 Å². The van der Waals surface area contributed by atoms with Crippen LogP contribution in [0.5, 0.6) is 0 Å². The number of anilines is 1.